The van der Waals surface area contributed by atoms with E-state index in [0.717, 1.165) is 18.5 Å². The molecule has 1 atom stereocenters. The topological polar surface area (TPSA) is 49.3 Å². The summed E-state index contributed by atoms with van der Waals surface area (Å²) >= 11 is 5.88. The predicted molar refractivity (Wildman–Crippen MR) is 68.5 cm³/mol. The third-order valence-corrected chi connectivity index (χ3v) is 3.35. The molecule has 0 spiro atoms. The Labute approximate surface area is 106 Å². The van der Waals surface area contributed by atoms with Gasteiger partial charge in [0.05, 0.1) is 0 Å². The van der Waals surface area contributed by atoms with Gasteiger partial charge in [-0.05, 0) is 37.5 Å². The molecule has 2 N–H and O–H groups in total. The molecule has 0 saturated heterocycles. The zero-order chi connectivity index (χ0) is 12.5. The van der Waals surface area contributed by atoms with Crippen molar-refractivity contribution in [3.63, 3.8) is 0 Å². The van der Waals surface area contributed by atoms with E-state index >= 15 is 0 Å². The van der Waals surface area contributed by atoms with Crippen LogP contribution in [0.4, 0.5) is 5.69 Å². The van der Waals surface area contributed by atoms with E-state index in [9.17, 15) is 9.90 Å². The Hall–Kier alpha value is -1.22. The van der Waals surface area contributed by atoms with Crippen LogP contribution in [0.15, 0.2) is 24.3 Å². The molecular weight excluding hydrogens is 238 g/mol. The molecule has 2 rings (SSSR count). The van der Waals surface area contributed by atoms with Crippen LogP contribution in [-0.4, -0.2) is 16.6 Å². The molecule has 1 unspecified atom stereocenters. The summed E-state index contributed by atoms with van der Waals surface area (Å²) in [6.45, 7) is 1.73. The van der Waals surface area contributed by atoms with Crippen molar-refractivity contribution in [3.05, 3.63) is 29.3 Å². The Morgan fingerprint density at radius 1 is 1.59 bits per heavy atom. The minimum atomic E-state index is -0.911. The van der Waals surface area contributed by atoms with Gasteiger partial charge in [-0.25, -0.2) is 4.79 Å². The molecule has 1 fully saturated rings. The number of hydrogen-bond donors (Lipinski definition) is 2. The average molecular weight is 254 g/mol. The van der Waals surface area contributed by atoms with E-state index in [-0.39, 0.29) is 0 Å². The van der Waals surface area contributed by atoms with E-state index in [1.807, 2.05) is 12.1 Å². The SMILES string of the molecule is CC(CC1CC1)(Nc1cccc(Cl)c1)C(=O)O. The molecule has 4 heteroatoms. The molecular formula is C13H16ClNO2. The van der Waals surface area contributed by atoms with Crippen molar-refractivity contribution in [1.29, 1.82) is 0 Å². The number of aliphatic carboxylic acids is 1. The van der Waals surface area contributed by atoms with Crippen LogP contribution in [0.3, 0.4) is 0 Å². The Balaban J connectivity index is 2.13. The summed E-state index contributed by atoms with van der Waals surface area (Å²) in [4.78, 5) is 11.4. The standard InChI is InChI=1S/C13H16ClNO2/c1-13(12(16)17,8-9-5-6-9)15-11-4-2-3-10(14)7-11/h2-4,7,9,15H,5-6,8H2,1H3,(H,16,17). The van der Waals surface area contributed by atoms with Crippen LogP contribution in [0.1, 0.15) is 26.2 Å². The third kappa shape index (κ3) is 3.13. The molecule has 92 valence electrons. The van der Waals surface area contributed by atoms with Crippen molar-refractivity contribution in [3.8, 4) is 0 Å². The number of carboxylic acids is 1. The van der Waals surface area contributed by atoms with Crippen molar-refractivity contribution in [1.82, 2.24) is 0 Å². The van der Waals surface area contributed by atoms with Crippen molar-refractivity contribution in [2.24, 2.45) is 5.92 Å². The largest absolute Gasteiger partial charge is 0.480 e. The highest BCUT2D eigenvalue weighted by Crippen LogP contribution is 2.38. The van der Waals surface area contributed by atoms with Gasteiger partial charge in [0.15, 0.2) is 0 Å². The first-order valence-electron chi connectivity index (χ1n) is 5.77. The van der Waals surface area contributed by atoms with Crippen LogP contribution in [-0.2, 0) is 4.79 Å². The number of halogens is 1. The number of benzene rings is 1. The lowest BCUT2D eigenvalue weighted by Gasteiger charge is -2.27. The second kappa shape index (κ2) is 4.57. The van der Waals surface area contributed by atoms with Gasteiger partial charge >= 0.3 is 5.97 Å². The van der Waals surface area contributed by atoms with Crippen molar-refractivity contribution < 1.29 is 9.90 Å². The minimum absolute atomic E-state index is 0.544. The maximum absolute atomic E-state index is 11.4. The Morgan fingerprint density at radius 3 is 2.82 bits per heavy atom. The van der Waals surface area contributed by atoms with Gasteiger partial charge in [-0.1, -0.05) is 30.5 Å². The molecule has 1 aliphatic carbocycles. The monoisotopic (exact) mass is 253 g/mol. The molecule has 0 bridgehead atoms. The van der Waals surface area contributed by atoms with Gasteiger partial charge in [-0.2, -0.15) is 0 Å². The van der Waals surface area contributed by atoms with Crippen molar-refractivity contribution >= 4 is 23.3 Å². The fourth-order valence-corrected chi connectivity index (χ4v) is 2.17. The van der Waals surface area contributed by atoms with E-state index in [1.165, 1.54) is 0 Å². The Bertz CT molecular complexity index is 431. The molecule has 1 aromatic rings. The van der Waals surface area contributed by atoms with Crippen molar-refractivity contribution in [2.75, 3.05) is 5.32 Å². The molecule has 17 heavy (non-hydrogen) atoms. The average Bonchev–Trinajstić information content (AvgIpc) is 3.01. The number of anilines is 1. The molecule has 1 aromatic carbocycles. The fourth-order valence-electron chi connectivity index (χ4n) is 1.98. The van der Waals surface area contributed by atoms with Gasteiger partial charge in [0, 0.05) is 10.7 Å². The van der Waals surface area contributed by atoms with E-state index < -0.39 is 11.5 Å². The molecule has 0 aromatic heterocycles. The van der Waals surface area contributed by atoms with E-state index in [1.54, 1.807) is 19.1 Å². The highest BCUT2D eigenvalue weighted by atomic mass is 35.5. The third-order valence-electron chi connectivity index (χ3n) is 3.11. The fraction of sp³-hybridized carbons (Fsp3) is 0.462. The molecule has 3 nitrogen and oxygen atoms in total. The van der Waals surface area contributed by atoms with Gasteiger partial charge in [0.25, 0.3) is 0 Å². The summed E-state index contributed by atoms with van der Waals surface area (Å²) in [6.07, 6.45) is 2.94. The summed E-state index contributed by atoms with van der Waals surface area (Å²) in [6, 6.07) is 7.16. The Morgan fingerprint density at radius 2 is 2.29 bits per heavy atom. The van der Waals surface area contributed by atoms with Crippen LogP contribution in [0.2, 0.25) is 5.02 Å². The van der Waals surface area contributed by atoms with E-state index in [2.05, 4.69) is 5.32 Å². The smallest absolute Gasteiger partial charge is 0.329 e. The molecule has 0 aliphatic heterocycles. The van der Waals surface area contributed by atoms with Gasteiger partial charge < -0.3 is 10.4 Å². The summed E-state index contributed by atoms with van der Waals surface area (Å²) in [7, 11) is 0. The van der Waals surface area contributed by atoms with Gasteiger partial charge in [-0.3, -0.25) is 0 Å². The first-order valence-corrected chi connectivity index (χ1v) is 6.14. The Kier molecular flexibility index (Phi) is 3.29. The zero-order valence-corrected chi connectivity index (χ0v) is 10.5. The highest BCUT2D eigenvalue weighted by Gasteiger charge is 2.39. The molecule has 0 heterocycles. The summed E-state index contributed by atoms with van der Waals surface area (Å²) in [5.74, 6) is -0.271. The predicted octanol–water partition coefficient (Wildman–Crippen LogP) is 3.40. The summed E-state index contributed by atoms with van der Waals surface area (Å²) in [5, 5.41) is 13.0. The quantitative estimate of drug-likeness (QED) is 0.846. The maximum Gasteiger partial charge on any atom is 0.329 e. The van der Waals surface area contributed by atoms with Gasteiger partial charge in [0.1, 0.15) is 5.54 Å². The zero-order valence-electron chi connectivity index (χ0n) is 9.74. The number of hydrogen-bond acceptors (Lipinski definition) is 2. The minimum Gasteiger partial charge on any atom is -0.480 e. The summed E-state index contributed by atoms with van der Waals surface area (Å²) in [5.41, 5.74) is -0.158. The number of carbonyl (C=O) groups is 1. The first-order chi connectivity index (χ1) is 7.99. The van der Waals surface area contributed by atoms with Crippen LogP contribution in [0.25, 0.3) is 0 Å². The maximum atomic E-state index is 11.4. The lowest BCUT2D eigenvalue weighted by Crippen LogP contribution is -2.43. The molecule has 1 aliphatic rings. The molecule has 0 radical (unpaired) electrons. The number of carboxylic acid groups (broad SMARTS) is 1. The van der Waals surface area contributed by atoms with Crippen LogP contribution >= 0.6 is 11.6 Å². The van der Waals surface area contributed by atoms with Crippen LogP contribution < -0.4 is 5.32 Å². The van der Waals surface area contributed by atoms with Crippen LogP contribution in [0.5, 0.6) is 0 Å². The normalized spacial score (nSPS) is 18.5. The second-order valence-corrected chi connectivity index (χ2v) is 5.36. The second-order valence-electron chi connectivity index (χ2n) is 4.92. The highest BCUT2D eigenvalue weighted by molar-refractivity contribution is 6.30. The molecule has 0 amide bonds. The van der Waals surface area contributed by atoms with Gasteiger partial charge in [0.2, 0.25) is 0 Å². The van der Waals surface area contributed by atoms with Gasteiger partial charge in [-0.15, -0.1) is 0 Å². The number of nitrogens with one attached hydrogen (secondary N) is 1. The van der Waals surface area contributed by atoms with E-state index in [0.29, 0.717) is 17.4 Å². The van der Waals surface area contributed by atoms with Crippen molar-refractivity contribution in [2.45, 2.75) is 31.7 Å². The number of rotatable bonds is 5. The first kappa shape index (κ1) is 12.2. The lowest BCUT2D eigenvalue weighted by atomic mass is 9.94. The lowest BCUT2D eigenvalue weighted by molar-refractivity contribution is -0.142. The van der Waals surface area contributed by atoms with E-state index in [4.69, 9.17) is 11.6 Å². The van der Waals surface area contributed by atoms with Crippen LogP contribution in [0, 0.1) is 5.92 Å². The molecule has 1 saturated carbocycles. The summed E-state index contributed by atoms with van der Waals surface area (Å²) < 4.78 is 0.